The van der Waals surface area contributed by atoms with Gasteiger partial charge in [-0.1, -0.05) is 13.3 Å². The van der Waals surface area contributed by atoms with E-state index < -0.39 is 0 Å². The molecule has 20 heavy (non-hydrogen) atoms. The van der Waals surface area contributed by atoms with E-state index in [1.165, 1.54) is 0 Å². The molecule has 1 aromatic carbocycles. The molecule has 1 atom stereocenters. The monoisotopic (exact) mass is 280 g/mol. The highest BCUT2D eigenvalue weighted by Crippen LogP contribution is 2.23. The Kier molecular flexibility index (Phi) is 6.87. The lowest BCUT2D eigenvalue weighted by atomic mass is 10.0. The van der Waals surface area contributed by atoms with Crippen LogP contribution in [0.1, 0.15) is 25.3 Å². The molecule has 0 heterocycles. The van der Waals surface area contributed by atoms with Gasteiger partial charge in [0.25, 0.3) is 0 Å². The molecular weight excluding hydrogens is 256 g/mol. The maximum atomic E-state index is 11.9. The molecule has 5 nitrogen and oxygen atoms in total. The summed E-state index contributed by atoms with van der Waals surface area (Å²) in [5.74, 6) is 1.72. The third-order valence-electron chi connectivity index (χ3n) is 3.35. The summed E-state index contributed by atoms with van der Waals surface area (Å²) in [6, 6.07) is 5.51. The fourth-order valence-corrected chi connectivity index (χ4v) is 1.94. The van der Waals surface area contributed by atoms with Crippen molar-refractivity contribution in [3.05, 3.63) is 23.8 Å². The molecule has 1 aromatic rings. The molecule has 0 bridgehead atoms. The summed E-state index contributed by atoms with van der Waals surface area (Å²) < 4.78 is 10.4. The van der Waals surface area contributed by atoms with Gasteiger partial charge in [-0.25, -0.2) is 0 Å². The number of amides is 1. The first-order valence-electron chi connectivity index (χ1n) is 6.82. The lowest BCUT2D eigenvalue weighted by Gasteiger charge is -2.14. The van der Waals surface area contributed by atoms with Crippen LogP contribution in [0.4, 0.5) is 0 Å². The van der Waals surface area contributed by atoms with Crippen molar-refractivity contribution in [1.29, 1.82) is 0 Å². The lowest BCUT2D eigenvalue weighted by Crippen LogP contribution is -2.27. The van der Waals surface area contributed by atoms with E-state index in [-0.39, 0.29) is 11.8 Å². The molecule has 1 rings (SSSR count). The molecule has 3 N–H and O–H groups in total. The van der Waals surface area contributed by atoms with E-state index in [0.717, 1.165) is 23.5 Å². The highest BCUT2D eigenvalue weighted by Gasteiger charge is 2.11. The largest absolute Gasteiger partial charge is 0.497 e. The number of carbonyl (C=O) groups is 1. The van der Waals surface area contributed by atoms with Crippen LogP contribution in [-0.2, 0) is 11.3 Å². The van der Waals surface area contributed by atoms with Gasteiger partial charge in [0.1, 0.15) is 11.5 Å². The van der Waals surface area contributed by atoms with E-state index in [1.807, 2.05) is 25.1 Å². The van der Waals surface area contributed by atoms with Crippen molar-refractivity contribution in [3.63, 3.8) is 0 Å². The maximum Gasteiger partial charge on any atom is 0.220 e. The van der Waals surface area contributed by atoms with Gasteiger partial charge >= 0.3 is 0 Å². The number of ether oxygens (including phenoxy) is 2. The summed E-state index contributed by atoms with van der Waals surface area (Å²) >= 11 is 0. The molecule has 0 radical (unpaired) electrons. The Labute approximate surface area is 120 Å². The van der Waals surface area contributed by atoms with Crippen LogP contribution in [0.25, 0.3) is 0 Å². The Balaban J connectivity index is 2.62. The van der Waals surface area contributed by atoms with E-state index in [2.05, 4.69) is 5.32 Å². The van der Waals surface area contributed by atoms with E-state index in [1.54, 1.807) is 14.2 Å². The first kappa shape index (κ1) is 16.3. The summed E-state index contributed by atoms with van der Waals surface area (Å²) in [4.78, 5) is 11.9. The molecule has 0 spiro atoms. The molecule has 0 fully saturated rings. The quantitative estimate of drug-likeness (QED) is 0.760. The molecule has 0 aliphatic carbocycles. The molecule has 5 heteroatoms. The van der Waals surface area contributed by atoms with Gasteiger partial charge in [-0.3, -0.25) is 4.79 Å². The van der Waals surface area contributed by atoms with Crippen LogP contribution in [0.5, 0.6) is 11.5 Å². The summed E-state index contributed by atoms with van der Waals surface area (Å²) in [6.45, 7) is 2.99. The molecule has 0 saturated heterocycles. The van der Waals surface area contributed by atoms with Gasteiger partial charge in [-0.2, -0.15) is 0 Å². The predicted molar refractivity (Wildman–Crippen MR) is 78.8 cm³/mol. The SMILES string of the molecule is CCC(CN)CC(=O)NCc1cc(OC)ccc1OC. The third-order valence-corrected chi connectivity index (χ3v) is 3.35. The molecular formula is C15H24N2O3. The average Bonchev–Trinajstić information content (AvgIpc) is 2.50. The first-order valence-corrected chi connectivity index (χ1v) is 6.82. The topological polar surface area (TPSA) is 73.6 Å². The molecule has 0 saturated carbocycles. The highest BCUT2D eigenvalue weighted by atomic mass is 16.5. The molecule has 112 valence electrons. The molecule has 0 aromatic heterocycles. The summed E-state index contributed by atoms with van der Waals surface area (Å²) in [5, 5.41) is 2.89. The summed E-state index contributed by atoms with van der Waals surface area (Å²) in [5.41, 5.74) is 6.50. The summed E-state index contributed by atoms with van der Waals surface area (Å²) in [6.07, 6.45) is 1.37. The molecule has 1 amide bonds. The molecule has 1 unspecified atom stereocenters. The minimum atomic E-state index is 0.00664. The Morgan fingerprint density at radius 2 is 2.10 bits per heavy atom. The first-order chi connectivity index (χ1) is 9.64. The minimum Gasteiger partial charge on any atom is -0.497 e. The van der Waals surface area contributed by atoms with Gasteiger partial charge in [0.05, 0.1) is 14.2 Å². The van der Waals surface area contributed by atoms with Crippen molar-refractivity contribution in [2.75, 3.05) is 20.8 Å². The average molecular weight is 280 g/mol. The van der Waals surface area contributed by atoms with Crippen LogP contribution < -0.4 is 20.5 Å². The second kappa shape index (κ2) is 8.43. The van der Waals surface area contributed by atoms with Gasteiger partial charge in [0.2, 0.25) is 5.91 Å². The zero-order valence-electron chi connectivity index (χ0n) is 12.4. The second-order valence-electron chi connectivity index (χ2n) is 4.67. The Hall–Kier alpha value is -1.75. The Bertz CT molecular complexity index is 431. The van der Waals surface area contributed by atoms with Crippen molar-refractivity contribution in [2.45, 2.75) is 26.3 Å². The van der Waals surface area contributed by atoms with Crippen LogP contribution in [0.2, 0.25) is 0 Å². The van der Waals surface area contributed by atoms with Crippen LogP contribution in [0.15, 0.2) is 18.2 Å². The normalized spacial score (nSPS) is 11.8. The van der Waals surface area contributed by atoms with Gasteiger partial charge < -0.3 is 20.5 Å². The van der Waals surface area contributed by atoms with Crippen molar-refractivity contribution in [3.8, 4) is 11.5 Å². The number of hydrogen-bond donors (Lipinski definition) is 2. The van der Waals surface area contributed by atoms with Crippen LogP contribution in [0, 0.1) is 5.92 Å². The fraction of sp³-hybridized carbons (Fsp3) is 0.533. The van der Waals surface area contributed by atoms with Crippen LogP contribution in [0.3, 0.4) is 0 Å². The predicted octanol–water partition coefficient (Wildman–Crippen LogP) is 1.69. The fourth-order valence-electron chi connectivity index (χ4n) is 1.94. The Morgan fingerprint density at radius 3 is 2.65 bits per heavy atom. The Morgan fingerprint density at radius 1 is 1.35 bits per heavy atom. The lowest BCUT2D eigenvalue weighted by molar-refractivity contribution is -0.122. The number of nitrogens with two attached hydrogens (primary N) is 1. The van der Waals surface area contributed by atoms with Gasteiger partial charge in [-0.05, 0) is 30.7 Å². The summed E-state index contributed by atoms with van der Waals surface area (Å²) in [7, 11) is 3.21. The van der Waals surface area contributed by atoms with Gasteiger partial charge in [-0.15, -0.1) is 0 Å². The number of rotatable bonds is 8. The van der Waals surface area contributed by atoms with E-state index in [9.17, 15) is 4.79 Å². The number of benzene rings is 1. The van der Waals surface area contributed by atoms with Gasteiger partial charge in [0.15, 0.2) is 0 Å². The second-order valence-corrected chi connectivity index (χ2v) is 4.67. The number of nitrogens with one attached hydrogen (secondary N) is 1. The number of carbonyl (C=O) groups excluding carboxylic acids is 1. The van der Waals surface area contributed by atoms with E-state index in [0.29, 0.717) is 19.5 Å². The van der Waals surface area contributed by atoms with Crippen molar-refractivity contribution < 1.29 is 14.3 Å². The van der Waals surface area contributed by atoms with Crippen molar-refractivity contribution >= 4 is 5.91 Å². The molecule has 0 aliphatic rings. The third kappa shape index (κ3) is 4.74. The van der Waals surface area contributed by atoms with Crippen LogP contribution in [-0.4, -0.2) is 26.7 Å². The molecule has 0 aliphatic heterocycles. The van der Waals surface area contributed by atoms with Gasteiger partial charge in [0, 0.05) is 18.5 Å². The minimum absolute atomic E-state index is 0.00664. The highest BCUT2D eigenvalue weighted by molar-refractivity contribution is 5.76. The van der Waals surface area contributed by atoms with E-state index >= 15 is 0 Å². The zero-order valence-corrected chi connectivity index (χ0v) is 12.4. The maximum absolute atomic E-state index is 11.9. The van der Waals surface area contributed by atoms with Crippen molar-refractivity contribution in [1.82, 2.24) is 5.32 Å². The number of hydrogen-bond acceptors (Lipinski definition) is 4. The zero-order chi connectivity index (χ0) is 15.0. The smallest absolute Gasteiger partial charge is 0.220 e. The van der Waals surface area contributed by atoms with Crippen molar-refractivity contribution in [2.24, 2.45) is 11.7 Å². The van der Waals surface area contributed by atoms with Crippen LogP contribution >= 0.6 is 0 Å². The number of methoxy groups -OCH3 is 2. The van der Waals surface area contributed by atoms with E-state index in [4.69, 9.17) is 15.2 Å². The standard InChI is InChI=1S/C15H24N2O3/c1-4-11(9-16)7-15(18)17-10-12-8-13(19-2)5-6-14(12)20-3/h5-6,8,11H,4,7,9-10,16H2,1-3H3,(H,17,18).